The quantitative estimate of drug-likeness (QED) is 0.104. The van der Waals surface area contributed by atoms with Gasteiger partial charge in [-0.2, -0.15) is 0 Å². The van der Waals surface area contributed by atoms with Gasteiger partial charge >= 0.3 is 0 Å². The molecule has 1 heterocycles. The lowest BCUT2D eigenvalue weighted by molar-refractivity contribution is 0.478. The largest absolute Gasteiger partial charge is 0.505 e. The second-order valence-electron chi connectivity index (χ2n) is 22.8. The number of hydrogen-bond acceptors (Lipinski definition) is 4. The number of hydrogen-bond donors (Lipinski definition) is 1. The summed E-state index contributed by atoms with van der Waals surface area (Å²) in [7, 11) is 0. The minimum Gasteiger partial charge on any atom is -0.505 e. The lowest BCUT2D eigenvalue weighted by atomic mass is 9.84. The van der Waals surface area contributed by atoms with E-state index in [-0.39, 0.29) is 17.6 Å². The van der Waals surface area contributed by atoms with Crippen molar-refractivity contribution in [1.29, 1.82) is 0 Å². The number of para-hydroxylation sites is 3. The second-order valence-corrected chi connectivity index (χ2v) is 22.8. The Morgan fingerprint density at radius 1 is 0.354 bits per heavy atom. The molecular formula is C78H70N2O2. The molecule has 0 bridgehead atoms. The molecule has 0 unspecified atom stereocenters. The van der Waals surface area contributed by atoms with Crippen molar-refractivity contribution in [3.05, 3.63) is 246 Å². The minimum atomic E-state index is 0.179. The van der Waals surface area contributed by atoms with E-state index in [9.17, 15) is 5.11 Å². The van der Waals surface area contributed by atoms with Crippen LogP contribution in [0.1, 0.15) is 101 Å². The molecule has 0 amide bonds. The van der Waals surface area contributed by atoms with Gasteiger partial charge in [0.2, 0.25) is 0 Å². The standard InChI is InChI=1S/C78H70N2O2/c1-9-50-33-37-56(38-34-50)79(70-31-19-27-60(76(70)81)55-24-17-23-54(45-55)58-25-15-13-21-52(58)11-3)72-46-68(48(5)6)61-42-44-67-73(47-69(49(7)8)62-41-43-66(72)74(61)75(62)67)80(57-39-35-51(10-2)36-40-57)71-32-20-30-65-64-29-18-28-63(77(64)82-78(65)71)59-26-16-14-22-53(59)12-4/h13-49,81H,9-12H2,1-8H3. The Hall–Kier alpha value is -9.12. The van der Waals surface area contributed by atoms with E-state index in [0.717, 1.165) is 115 Å². The van der Waals surface area contributed by atoms with E-state index < -0.39 is 0 Å². The number of fused-ring (bicyclic) bond motifs is 3. The molecule has 4 heteroatoms. The number of aromatic hydroxyl groups is 1. The van der Waals surface area contributed by atoms with Gasteiger partial charge in [-0.25, -0.2) is 0 Å². The van der Waals surface area contributed by atoms with E-state index in [4.69, 9.17) is 4.42 Å². The number of phenols is 1. The SMILES string of the molecule is CCc1ccc(N(c2cccc(-c3cccc(-c4ccccc4CC)c3)c2O)c2cc(C(C)C)c3ccc4c(N(c5ccc(CC)cc5)c5cccc6c5oc5c(-c7ccccc7CC)cccc56)cc(C(C)C)c5ccc2c3c54)cc1. The smallest absolute Gasteiger partial charge is 0.159 e. The number of anilines is 6. The van der Waals surface area contributed by atoms with E-state index in [1.807, 2.05) is 0 Å². The third kappa shape index (κ3) is 8.75. The maximum absolute atomic E-state index is 13.0. The summed E-state index contributed by atoms with van der Waals surface area (Å²) in [6, 6.07) is 77.8. The van der Waals surface area contributed by atoms with Gasteiger partial charge in [-0.3, -0.25) is 0 Å². The van der Waals surface area contributed by atoms with Gasteiger partial charge < -0.3 is 19.3 Å². The number of phenolic OH excluding ortho intramolecular Hbond substituents is 1. The molecule has 0 aliphatic rings. The Kier molecular flexibility index (Phi) is 13.6. The predicted octanol–water partition coefficient (Wildman–Crippen LogP) is 22.6. The van der Waals surface area contributed by atoms with Gasteiger partial charge in [0.25, 0.3) is 0 Å². The maximum Gasteiger partial charge on any atom is 0.159 e. The van der Waals surface area contributed by atoms with Crippen molar-refractivity contribution in [3.63, 3.8) is 0 Å². The number of furan rings is 1. The lowest BCUT2D eigenvalue weighted by Crippen LogP contribution is -2.13. The van der Waals surface area contributed by atoms with Crippen LogP contribution >= 0.6 is 0 Å². The Morgan fingerprint density at radius 2 is 0.793 bits per heavy atom. The van der Waals surface area contributed by atoms with Crippen molar-refractivity contribution >= 4 is 88.4 Å². The number of nitrogens with zero attached hydrogens (tertiary/aromatic N) is 2. The fourth-order valence-corrected chi connectivity index (χ4v) is 13.1. The second kappa shape index (κ2) is 21.4. The van der Waals surface area contributed by atoms with Crippen LogP contribution in [0.15, 0.2) is 217 Å². The van der Waals surface area contributed by atoms with Gasteiger partial charge in [0, 0.05) is 44.0 Å². The van der Waals surface area contributed by atoms with Crippen LogP contribution in [0.25, 0.3) is 87.6 Å². The molecule has 0 saturated carbocycles. The van der Waals surface area contributed by atoms with Crippen LogP contribution in [0.3, 0.4) is 0 Å². The van der Waals surface area contributed by atoms with Crippen LogP contribution in [0.4, 0.5) is 34.1 Å². The van der Waals surface area contributed by atoms with Crippen LogP contribution in [-0.2, 0) is 25.7 Å². The van der Waals surface area contributed by atoms with E-state index in [1.54, 1.807) is 0 Å². The van der Waals surface area contributed by atoms with Crippen LogP contribution in [0.2, 0.25) is 0 Å². The number of aryl methyl sites for hydroxylation is 4. The summed E-state index contributed by atoms with van der Waals surface area (Å²) in [4.78, 5) is 4.78. The molecule has 0 saturated heterocycles. The molecule has 82 heavy (non-hydrogen) atoms. The highest BCUT2D eigenvalue weighted by atomic mass is 16.3. The lowest BCUT2D eigenvalue weighted by Gasteiger charge is -2.32. The van der Waals surface area contributed by atoms with Crippen LogP contribution in [0.5, 0.6) is 5.75 Å². The summed E-state index contributed by atoms with van der Waals surface area (Å²) < 4.78 is 7.34. The third-order valence-electron chi connectivity index (χ3n) is 17.4. The molecule has 4 nitrogen and oxygen atoms in total. The highest BCUT2D eigenvalue weighted by Crippen LogP contribution is 2.54. The first-order chi connectivity index (χ1) is 40.1. The first-order valence-electron chi connectivity index (χ1n) is 29.7. The number of benzene rings is 12. The fraction of sp³-hybridized carbons (Fsp3) is 0.179. The Morgan fingerprint density at radius 3 is 1.35 bits per heavy atom. The molecular weight excluding hydrogens is 997 g/mol. The van der Waals surface area contributed by atoms with Gasteiger partial charge in [-0.15, -0.1) is 0 Å². The van der Waals surface area contributed by atoms with Gasteiger partial charge in [-0.1, -0.05) is 213 Å². The summed E-state index contributed by atoms with van der Waals surface area (Å²) in [6.07, 6.45) is 3.73. The van der Waals surface area contributed by atoms with Crippen LogP contribution in [-0.4, -0.2) is 5.11 Å². The molecule has 0 aliphatic carbocycles. The molecule has 1 aromatic heterocycles. The molecule has 0 spiro atoms. The van der Waals surface area contributed by atoms with Crippen molar-refractivity contribution < 1.29 is 9.52 Å². The highest BCUT2D eigenvalue weighted by molar-refractivity contribution is 6.30. The minimum absolute atomic E-state index is 0.179. The molecule has 13 rings (SSSR count). The molecule has 404 valence electrons. The van der Waals surface area contributed by atoms with Crippen molar-refractivity contribution in [2.45, 2.75) is 92.9 Å². The number of rotatable bonds is 15. The van der Waals surface area contributed by atoms with E-state index in [2.05, 4.69) is 278 Å². The van der Waals surface area contributed by atoms with Gasteiger partial charge in [0.15, 0.2) is 5.58 Å². The van der Waals surface area contributed by atoms with E-state index in [0.29, 0.717) is 0 Å². The zero-order valence-corrected chi connectivity index (χ0v) is 48.4. The summed E-state index contributed by atoms with van der Waals surface area (Å²) in [5, 5.41) is 22.4. The maximum atomic E-state index is 13.0. The predicted molar refractivity (Wildman–Crippen MR) is 350 cm³/mol. The third-order valence-corrected chi connectivity index (χ3v) is 17.4. The topological polar surface area (TPSA) is 39.9 Å². The van der Waals surface area contributed by atoms with Crippen molar-refractivity contribution in [1.82, 2.24) is 0 Å². The van der Waals surface area contributed by atoms with Crippen LogP contribution < -0.4 is 9.80 Å². The fourth-order valence-electron chi connectivity index (χ4n) is 13.1. The van der Waals surface area contributed by atoms with E-state index in [1.165, 1.54) is 66.1 Å². The molecule has 1 N–H and O–H groups in total. The summed E-state index contributed by atoms with van der Waals surface area (Å²) in [6.45, 7) is 18.1. The summed E-state index contributed by atoms with van der Waals surface area (Å²) in [5.74, 6) is 0.608. The Balaban J connectivity index is 1.08. The molecule has 0 atom stereocenters. The summed E-state index contributed by atoms with van der Waals surface area (Å²) >= 11 is 0. The Labute approximate surface area is 482 Å². The molecule has 13 aromatic rings. The average molecular weight is 1070 g/mol. The zero-order chi connectivity index (χ0) is 56.3. The highest BCUT2D eigenvalue weighted by Gasteiger charge is 2.29. The van der Waals surface area contributed by atoms with Gasteiger partial charge in [0.1, 0.15) is 11.3 Å². The summed E-state index contributed by atoms with van der Waals surface area (Å²) in [5.41, 5.74) is 21.7. The zero-order valence-electron chi connectivity index (χ0n) is 48.4. The molecule has 0 radical (unpaired) electrons. The monoisotopic (exact) mass is 1070 g/mol. The van der Waals surface area contributed by atoms with Gasteiger partial charge in [0.05, 0.1) is 22.7 Å². The molecule has 12 aromatic carbocycles. The van der Waals surface area contributed by atoms with Crippen molar-refractivity contribution in [3.8, 4) is 39.1 Å². The van der Waals surface area contributed by atoms with E-state index >= 15 is 0 Å². The average Bonchev–Trinajstić information content (AvgIpc) is 1.12. The van der Waals surface area contributed by atoms with Crippen molar-refractivity contribution in [2.24, 2.45) is 0 Å². The normalized spacial score (nSPS) is 11.9. The first-order valence-corrected chi connectivity index (χ1v) is 29.7. The van der Waals surface area contributed by atoms with Gasteiger partial charge in [-0.05, 0) is 169 Å². The Bertz CT molecular complexity index is 4520. The van der Waals surface area contributed by atoms with Crippen LogP contribution in [0, 0.1) is 0 Å². The molecule has 0 aliphatic heterocycles. The first kappa shape index (κ1) is 52.3. The molecule has 0 fully saturated rings. The van der Waals surface area contributed by atoms with Crippen molar-refractivity contribution in [2.75, 3.05) is 9.80 Å².